The van der Waals surface area contributed by atoms with Crippen LogP contribution in [0.5, 0.6) is 0 Å². The molecule has 1 N–H and O–H groups in total. The first-order chi connectivity index (χ1) is 14.5. The van der Waals surface area contributed by atoms with Crippen molar-refractivity contribution in [3.8, 4) is 0 Å². The summed E-state index contributed by atoms with van der Waals surface area (Å²) < 4.78 is 5.13. The second kappa shape index (κ2) is 16.4. The smallest absolute Gasteiger partial charge is 1.00 e. The summed E-state index contributed by atoms with van der Waals surface area (Å²) >= 11 is 0. The average molecular weight is 452 g/mol. The van der Waals surface area contributed by atoms with E-state index in [2.05, 4.69) is 48.5 Å². The van der Waals surface area contributed by atoms with Crippen LogP contribution in [-0.4, -0.2) is 49.7 Å². The Balaban J connectivity index is -0.000000693. The molecule has 1 aromatic rings. The molecule has 33 heavy (non-hydrogen) atoms. The number of nitrogens with zero attached hydrogens (tertiary/aromatic N) is 1. The van der Waals surface area contributed by atoms with Crippen molar-refractivity contribution in [2.24, 2.45) is 35.5 Å². The van der Waals surface area contributed by atoms with E-state index < -0.39 is 6.09 Å². The maximum Gasteiger partial charge on any atom is 1.00 e. The number of hydrogen-bond acceptors (Lipinski definition) is 4. The molecule has 3 radical (unpaired) electrons. The maximum absolute atomic E-state index is 12.7. The van der Waals surface area contributed by atoms with Crippen molar-refractivity contribution in [2.45, 2.75) is 67.9 Å². The molecule has 1 aromatic carbocycles. The molecule has 0 aliphatic carbocycles. The van der Waals surface area contributed by atoms with Gasteiger partial charge in [0.15, 0.2) is 0 Å². The number of carbonyl (C=O) groups is 2. The van der Waals surface area contributed by atoms with E-state index in [1.54, 1.807) is 0 Å². The van der Waals surface area contributed by atoms with Crippen LogP contribution >= 0.6 is 0 Å². The number of hydrogen-bond donors (Lipinski definition) is 1. The molecule has 5 atom stereocenters. The van der Waals surface area contributed by atoms with Crippen LogP contribution in [0.15, 0.2) is 30.3 Å². The molecule has 2 amide bonds. The number of carbonyl (C=O) groups excluding carboxylic acids is 2. The van der Waals surface area contributed by atoms with Crippen molar-refractivity contribution in [1.29, 1.82) is 0 Å². The van der Waals surface area contributed by atoms with Crippen LogP contribution in [0, 0.1) is 35.5 Å². The summed E-state index contributed by atoms with van der Waals surface area (Å²) in [6.07, 6.45) is 0.134. The first kappa shape index (κ1) is 34.0. The Hall–Kier alpha value is -1.22. The van der Waals surface area contributed by atoms with Crippen molar-refractivity contribution >= 4 is 20.4 Å². The first-order valence-corrected chi connectivity index (χ1v) is 11.7. The number of cyclic esters (lactones) is 1. The third-order valence-electron chi connectivity index (χ3n) is 6.98. The zero-order valence-corrected chi connectivity index (χ0v) is 22.2. The summed E-state index contributed by atoms with van der Waals surface area (Å²) in [6.45, 7) is 17.4. The number of aliphatic hydroxyl groups excluding tert-OH is 1. The van der Waals surface area contributed by atoms with Crippen molar-refractivity contribution in [1.82, 2.24) is 4.90 Å². The van der Waals surface area contributed by atoms with E-state index in [1.807, 2.05) is 37.3 Å². The minimum absolute atomic E-state index is 0. The Morgan fingerprint density at radius 3 is 1.97 bits per heavy atom. The Morgan fingerprint density at radius 2 is 1.55 bits per heavy atom. The molecule has 0 bridgehead atoms. The van der Waals surface area contributed by atoms with Crippen LogP contribution in [0.4, 0.5) is 4.79 Å². The summed E-state index contributed by atoms with van der Waals surface area (Å²) in [5.74, 6) is 2.07. The van der Waals surface area contributed by atoms with Crippen molar-refractivity contribution in [3.63, 3.8) is 0 Å². The van der Waals surface area contributed by atoms with Crippen LogP contribution in [0.1, 0.15) is 62.4 Å². The number of amides is 2. The predicted molar refractivity (Wildman–Crippen MR) is 132 cm³/mol. The molecule has 1 aliphatic heterocycles. The van der Waals surface area contributed by atoms with Gasteiger partial charge in [0.05, 0.1) is 6.04 Å². The predicted octanol–water partition coefficient (Wildman–Crippen LogP) is 2.15. The molecule has 0 aromatic heterocycles. The van der Waals surface area contributed by atoms with Gasteiger partial charge in [-0.15, -0.1) is 0 Å². The molecular weight excluding hydrogens is 408 g/mol. The minimum Gasteiger partial charge on any atom is -1.00 e. The van der Waals surface area contributed by atoms with Crippen LogP contribution in [-0.2, 0) is 16.0 Å². The topological polar surface area (TPSA) is 66.8 Å². The van der Waals surface area contributed by atoms with Gasteiger partial charge in [0, 0.05) is 20.9 Å². The average Bonchev–Trinajstić information content (AvgIpc) is 3.11. The molecule has 1 saturated heterocycles. The molecule has 5 nitrogen and oxygen atoms in total. The molecule has 2 rings (SSSR count). The van der Waals surface area contributed by atoms with Crippen molar-refractivity contribution < 1.29 is 39.7 Å². The molecule has 7 heteroatoms. The first-order valence-electron chi connectivity index (χ1n) is 11.7. The van der Waals surface area contributed by atoms with Gasteiger partial charge in [-0.2, -0.15) is 0 Å². The van der Waals surface area contributed by atoms with Gasteiger partial charge >= 0.3 is 25.0 Å². The number of imide groups is 1. The zero-order valence-electron chi connectivity index (χ0n) is 23.2. The zero-order chi connectivity index (χ0) is 23.7. The normalized spacial score (nSPS) is 18.8. The van der Waals surface area contributed by atoms with Gasteiger partial charge in [-0.25, -0.2) is 9.69 Å². The van der Waals surface area contributed by atoms with E-state index in [-0.39, 0.29) is 59.1 Å². The molecule has 0 spiro atoms. The summed E-state index contributed by atoms with van der Waals surface area (Å²) in [4.78, 5) is 26.1. The quantitative estimate of drug-likeness (QED) is 0.614. The monoisotopic (exact) mass is 452 g/mol. The summed E-state index contributed by atoms with van der Waals surface area (Å²) in [5, 5.41) is 8.75. The minimum atomic E-state index is -0.506. The van der Waals surface area contributed by atoms with Gasteiger partial charge in [-0.1, -0.05) is 85.7 Å². The summed E-state index contributed by atoms with van der Waals surface area (Å²) in [6, 6.07) is 9.68. The fourth-order valence-electron chi connectivity index (χ4n) is 3.61. The van der Waals surface area contributed by atoms with Crippen molar-refractivity contribution in [2.75, 3.05) is 13.2 Å². The molecule has 181 valence electrons. The number of ether oxygens (including phenoxy) is 1. The van der Waals surface area contributed by atoms with E-state index in [0.717, 1.165) is 5.56 Å². The van der Waals surface area contributed by atoms with E-state index in [0.29, 0.717) is 36.7 Å². The standard InChI is InChI=1S/C18H25NO3.C8H18O.B.Li.H/c1-12(2)13(3)14(4)17(20)19-16(11-22-18(19)21)10-15-8-6-5-7-9-15;1-6(2)8(4)7(3)5-9;;;/h5-9,12-14,16H,10-11H2,1-4H3;6-9H,5H2,1-4H3;;;/q;;;+1;-1/t13-,14+,16+;7-,8-;;;/m11.../s1. The Morgan fingerprint density at radius 1 is 1.03 bits per heavy atom. The maximum atomic E-state index is 12.7. The van der Waals surface area contributed by atoms with Gasteiger partial charge in [0.25, 0.3) is 0 Å². The summed E-state index contributed by atoms with van der Waals surface area (Å²) in [5.41, 5.74) is 1.10. The number of benzene rings is 1. The van der Waals surface area contributed by atoms with E-state index in [9.17, 15) is 9.59 Å². The largest absolute Gasteiger partial charge is 1.00 e. The number of aliphatic hydroxyl groups is 1. The van der Waals surface area contributed by atoms with Gasteiger partial charge < -0.3 is 11.3 Å². The molecule has 1 fully saturated rings. The second-order valence-electron chi connectivity index (χ2n) is 9.78. The van der Waals surface area contributed by atoms with Crippen LogP contribution in [0.3, 0.4) is 0 Å². The SMILES string of the molecule is CC(C)[C@@H](C)[C@H](C)C(=O)N1C(=O)OC[C@@H]1Cc1ccccc1.CC(C)[C@@H](C)[C@H](C)CO.[B].[H-].[Li+]. The number of rotatable bonds is 8. The molecule has 1 heterocycles. The van der Waals surface area contributed by atoms with E-state index in [4.69, 9.17) is 9.84 Å². The van der Waals surface area contributed by atoms with E-state index in [1.165, 1.54) is 4.90 Å². The van der Waals surface area contributed by atoms with E-state index >= 15 is 0 Å². The van der Waals surface area contributed by atoms with Crippen LogP contribution in [0.25, 0.3) is 0 Å². The third kappa shape index (κ3) is 10.3. The Kier molecular flexibility index (Phi) is 16.9. The molecule has 0 saturated carbocycles. The second-order valence-corrected chi connectivity index (χ2v) is 9.78. The van der Waals surface area contributed by atoms with Gasteiger partial charge in [0.1, 0.15) is 6.61 Å². The molecule has 1 aliphatic rings. The fraction of sp³-hybridized carbons (Fsp3) is 0.692. The van der Waals surface area contributed by atoms with Gasteiger partial charge in [-0.05, 0) is 41.6 Å². The van der Waals surface area contributed by atoms with Crippen LogP contribution < -0.4 is 18.9 Å². The van der Waals surface area contributed by atoms with Gasteiger partial charge in [-0.3, -0.25) is 4.79 Å². The van der Waals surface area contributed by atoms with Crippen LogP contribution in [0.2, 0.25) is 0 Å². The Bertz CT molecular complexity index is 693. The van der Waals surface area contributed by atoms with Crippen molar-refractivity contribution in [3.05, 3.63) is 35.9 Å². The molecule has 0 unspecified atom stereocenters. The Labute approximate surface area is 217 Å². The summed E-state index contributed by atoms with van der Waals surface area (Å²) in [7, 11) is 0. The molecular formula is C26H44BLiNO4. The third-order valence-corrected chi connectivity index (χ3v) is 6.98. The van der Waals surface area contributed by atoms with Gasteiger partial charge in [0.2, 0.25) is 5.91 Å². The fourth-order valence-corrected chi connectivity index (χ4v) is 3.61.